The van der Waals surface area contributed by atoms with E-state index < -0.39 is 0 Å². The van der Waals surface area contributed by atoms with Crippen molar-refractivity contribution in [3.05, 3.63) is 23.2 Å². The summed E-state index contributed by atoms with van der Waals surface area (Å²) in [5, 5.41) is 3.39. The minimum Gasteiger partial charge on any atom is -0.465 e. The number of nitrogens with zero attached hydrogens (tertiary/aromatic N) is 1. The van der Waals surface area contributed by atoms with Crippen LogP contribution in [-0.2, 0) is 17.8 Å². The Kier molecular flexibility index (Phi) is 6.74. The molecule has 1 fully saturated rings. The second-order valence-corrected chi connectivity index (χ2v) is 6.15. The van der Waals surface area contributed by atoms with E-state index in [0.29, 0.717) is 0 Å². The Balaban J connectivity index is 1.80. The number of nitrogens with one attached hydrogen (secondary N) is 1. The Morgan fingerprint density at radius 1 is 1.38 bits per heavy atom. The molecule has 0 atom stereocenters. The van der Waals surface area contributed by atoms with Crippen molar-refractivity contribution in [1.82, 2.24) is 10.2 Å². The molecule has 21 heavy (non-hydrogen) atoms. The summed E-state index contributed by atoms with van der Waals surface area (Å²) >= 11 is 0. The van der Waals surface area contributed by atoms with Crippen LogP contribution in [0, 0.1) is 12.8 Å². The smallest absolute Gasteiger partial charge is 0.118 e. The van der Waals surface area contributed by atoms with Gasteiger partial charge >= 0.3 is 0 Å². The summed E-state index contributed by atoms with van der Waals surface area (Å²) in [6.07, 6.45) is 3.65. The second kappa shape index (κ2) is 8.57. The molecule has 1 aliphatic rings. The largest absolute Gasteiger partial charge is 0.465 e. The highest BCUT2D eigenvalue weighted by atomic mass is 16.5. The molecule has 2 rings (SSSR count). The average molecular weight is 294 g/mol. The zero-order chi connectivity index (χ0) is 15.1. The van der Waals surface area contributed by atoms with Crippen molar-refractivity contribution in [1.29, 1.82) is 0 Å². The van der Waals surface area contributed by atoms with Gasteiger partial charge in [-0.1, -0.05) is 6.92 Å². The first kappa shape index (κ1) is 16.5. The van der Waals surface area contributed by atoms with Crippen LogP contribution in [0.5, 0.6) is 0 Å². The molecular formula is C17H30N2O2. The third-order valence-electron chi connectivity index (χ3n) is 4.30. The van der Waals surface area contributed by atoms with E-state index in [2.05, 4.69) is 30.1 Å². The van der Waals surface area contributed by atoms with Crippen molar-refractivity contribution in [2.24, 2.45) is 5.92 Å². The lowest BCUT2D eigenvalue weighted by atomic mass is 9.97. The molecule has 0 amide bonds. The Morgan fingerprint density at radius 2 is 2.14 bits per heavy atom. The zero-order valence-corrected chi connectivity index (χ0v) is 13.8. The SMILES string of the molecule is CCCNCc1cc(CN2CCC(COC)CC2)c(C)o1. The minimum absolute atomic E-state index is 0.741. The van der Waals surface area contributed by atoms with Gasteiger partial charge in [-0.2, -0.15) is 0 Å². The second-order valence-electron chi connectivity index (χ2n) is 6.15. The fraction of sp³-hybridized carbons (Fsp3) is 0.765. The molecule has 0 aliphatic carbocycles. The molecule has 0 aromatic carbocycles. The highest BCUT2D eigenvalue weighted by Gasteiger charge is 2.20. The lowest BCUT2D eigenvalue weighted by Crippen LogP contribution is -2.34. The summed E-state index contributed by atoms with van der Waals surface area (Å²) in [5.41, 5.74) is 1.34. The van der Waals surface area contributed by atoms with E-state index in [0.717, 1.165) is 50.1 Å². The van der Waals surface area contributed by atoms with Crippen molar-refractivity contribution in [3.8, 4) is 0 Å². The van der Waals surface area contributed by atoms with Crippen molar-refractivity contribution in [3.63, 3.8) is 0 Å². The van der Waals surface area contributed by atoms with Gasteiger partial charge in [-0.3, -0.25) is 4.90 Å². The third kappa shape index (κ3) is 5.13. The van der Waals surface area contributed by atoms with E-state index in [1.165, 1.54) is 31.5 Å². The van der Waals surface area contributed by atoms with Gasteiger partial charge in [-0.25, -0.2) is 0 Å². The number of methoxy groups -OCH3 is 1. The molecule has 0 bridgehead atoms. The van der Waals surface area contributed by atoms with Gasteiger partial charge in [0.1, 0.15) is 11.5 Å². The van der Waals surface area contributed by atoms with Crippen LogP contribution in [0.1, 0.15) is 43.3 Å². The number of rotatable bonds is 8. The van der Waals surface area contributed by atoms with Crippen LogP contribution >= 0.6 is 0 Å². The lowest BCUT2D eigenvalue weighted by Gasteiger charge is -2.31. The summed E-state index contributed by atoms with van der Waals surface area (Å²) in [4.78, 5) is 2.53. The van der Waals surface area contributed by atoms with E-state index in [1.807, 2.05) is 0 Å². The van der Waals surface area contributed by atoms with E-state index in [-0.39, 0.29) is 0 Å². The normalized spacial score (nSPS) is 17.5. The topological polar surface area (TPSA) is 37.6 Å². The van der Waals surface area contributed by atoms with Gasteiger partial charge in [0.2, 0.25) is 0 Å². The molecule has 1 aliphatic heterocycles. The first-order valence-electron chi connectivity index (χ1n) is 8.23. The lowest BCUT2D eigenvalue weighted by molar-refractivity contribution is 0.0966. The molecule has 1 saturated heterocycles. The van der Waals surface area contributed by atoms with Crippen LogP contribution < -0.4 is 5.32 Å². The van der Waals surface area contributed by atoms with Gasteiger partial charge in [-0.15, -0.1) is 0 Å². The molecule has 0 spiro atoms. The van der Waals surface area contributed by atoms with E-state index >= 15 is 0 Å². The molecule has 120 valence electrons. The first-order valence-corrected chi connectivity index (χ1v) is 8.23. The van der Waals surface area contributed by atoms with Gasteiger partial charge in [0, 0.05) is 25.8 Å². The van der Waals surface area contributed by atoms with Gasteiger partial charge in [0.15, 0.2) is 0 Å². The van der Waals surface area contributed by atoms with Gasteiger partial charge in [-0.05, 0) is 57.8 Å². The highest BCUT2D eigenvalue weighted by Crippen LogP contribution is 2.22. The molecule has 4 nitrogen and oxygen atoms in total. The summed E-state index contributed by atoms with van der Waals surface area (Å²) in [6.45, 7) is 10.4. The van der Waals surface area contributed by atoms with Crippen LogP contribution in [0.4, 0.5) is 0 Å². The fourth-order valence-corrected chi connectivity index (χ4v) is 3.01. The van der Waals surface area contributed by atoms with Crippen LogP contribution in [0.15, 0.2) is 10.5 Å². The maximum Gasteiger partial charge on any atom is 0.118 e. The molecule has 4 heteroatoms. The van der Waals surface area contributed by atoms with Crippen LogP contribution in [0.25, 0.3) is 0 Å². The molecular weight excluding hydrogens is 264 g/mol. The number of hydrogen-bond donors (Lipinski definition) is 1. The zero-order valence-electron chi connectivity index (χ0n) is 13.8. The molecule has 0 radical (unpaired) electrons. The number of ether oxygens (including phenoxy) is 1. The third-order valence-corrected chi connectivity index (χ3v) is 4.30. The Labute approximate surface area is 128 Å². The summed E-state index contributed by atoms with van der Waals surface area (Å²) < 4.78 is 11.1. The standard InChI is InChI=1S/C17H30N2O2/c1-4-7-18-11-17-10-16(14(2)21-17)12-19-8-5-15(6-9-19)13-20-3/h10,15,18H,4-9,11-13H2,1-3H3. The molecule has 0 saturated carbocycles. The van der Waals surface area contributed by atoms with E-state index in [9.17, 15) is 0 Å². The van der Waals surface area contributed by atoms with Crippen molar-refractivity contribution in [2.45, 2.75) is 46.2 Å². The summed E-state index contributed by atoms with van der Waals surface area (Å²) in [6, 6.07) is 2.22. The predicted molar refractivity (Wildman–Crippen MR) is 85.3 cm³/mol. The summed E-state index contributed by atoms with van der Waals surface area (Å²) in [7, 11) is 1.80. The van der Waals surface area contributed by atoms with Crippen LogP contribution in [0.3, 0.4) is 0 Å². The molecule has 2 heterocycles. The van der Waals surface area contributed by atoms with Gasteiger partial charge in [0.25, 0.3) is 0 Å². The van der Waals surface area contributed by atoms with E-state index in [1.54, 1.807) is 7.11 Å². The fourth-order valence-electron chi connectivity index (χ4n) is 3.01. The Bertz CT molecular complexity index is 409. The number of hydrogen-bond acceptors (Lipinski definition) is 4. The number of piperidine rings is 1. The Hall–Kier alpha value is -0.840. The van der Waals surface area contributed by atoms with Gasteiger partial charge in [0.05, 0.1) is 6.54 Å². The van der Waals surface area contributed by atoms with Crippen molar-refractivity contribution < 1.29 is 9.15 Å². The first-order chi connectivity index (χ1) is 10.2. The average Bonchev–Trinajstić information content (AvgIpc) is 2.82. The quantitative estimate of drug-likeness (QED) is 0.748. The van der Waals surface area contributed by atoms with Gasteiger partial charge < -0.3 is 14.5 Å². The van der Waals surface area contributed by atoms with Crippen molar-refractivity contribution in [2.75, 3.05) is 33.4 Å². The Morgan fingerprint density at radius 3 is 2.81 bits per heavy atom. The van der Waals surface area contributed by atoms with Crippen molar-refractivity contribution >= 4 is 0 Å². The minimum atomic E-state index is 0.741. The monoisotopic (exact) mass is 294 g/mol. The summed E-state index contributed by atoms with van der Waals surface area (Å²) in [5.74, 6) is 2.87. The van der Waals surface area contributed by atoms with Crippen LogP contribution in [-0.4, -0.2) is 38.3 Å². The highest BCUT2D eigenvalue weighted by molar-refractivity contribution is 5.20. The molecule has 0 unspecified atom stereocenters. The molecule has 1 N–H and O–H groups in total. The number of likely N-dealkylation sites (tertiary alicyclic amines) is 1. The molecule has 1 aromatic rings. The predicted octanol–water partition coefficient (Wildman–Crippen LogP) is 2.95. The maximum atomic E-state index is 5.85. The number of furan rings is 1. The van der Waals surface area contributed by atoms with Crippen LogP contribution in [0.2, 0.25) is 0 Å². The molecule has 1 aromatic heterocycles. The number of aryl methyl sites for hydroxylation is 1. The maximum absolute atomic E-state index is 5.85. The van der Waals surface area contributed by atoms with E-state index in [4.69, 9.17) is 9.15 Å².